The van der Waals surface area contributed by atoms with Crippen molar-refractivity contribution in [3.8, 4) is 0 Å². The third-order valence-electron chi connectivity index (χ3n) is 4.90. The van der Waals surface area contributed by atoms with Gasteiger partial charge in [-0.1, -0.05) is 13.8 Å². The van der Waals surface area contributed by atoms with Crippen LogP contribution in [0.2, 0.25) is 0 Å². The summed E-state index contributed by atoms with van der Waals surface area (Å²) in [6.07, 6.45) is 3.13. The van der Waals surface area contributed by atoms with Crippen LogP contribution < -0.4 is 0 Å². The summed E-state index contributed by atoms with van der Waals surface area (Å²) in [7, 11) is 0. The molecule has 2 aliphatic heterocycles. The van der Waals surface area contributed by atoms with E-state index in [-0.39, 0.29) is 29.7 Å². The number of amides is 2. The Labute approximate surface area is 113 Å². The summed E-state index contributed by atoms with van der Waals surface area (Å²) >= 11 is 0. The number of ether oxygens (including phenoxy) is 2. The standard InChI is InChI=1S/C14H21NO4/c1-9-10(2)13(17)15(12(9)16)11-3-5-14(6-4-11)18-7-8-19-14/h9-11H,3-8H2,1-2H3. The molecule has 1 spiro atoms. The van der Waals surface area contributed by atoms with Gasteiger partial charge in [-0.3, -0.25) is 14.5 Å². The summed E-state index contributed by atoms with van der Waals surface area (Å²) in [6, 6.07) is 0.0332. The van der Waals surface area contributed by atoms with E-state index in [1.165, 1.54) is 4.90 Å². The molecule has 106 valence electrons. The summed E-state index contributed by atoms with van der Waals surface area (Å²) in [5, 5.41) is 0. The van der Waals surface area contributed by atoms with Crippen LogP contribution in [0.1, 0.15) is 39.5 Å². The summed E-state index contributed by atoms with van der Waals surface area (Å²) in [5.74, 6) is -0.803. The average Bonchev–Trinajstić information content (AvgIpc) is 2.94. The molecule has 19 heavy (non-hydrogen) atoms. The number of hydrogen-bond acceptors (Lipinski definition) is 4. The van der Waals surface area contributed by atoms with Crippen LogP contribution >= 0.6 is 0 Å². The first-order valence-electron chi connectivity index (χ1n) is 7.19. The first-order chi connectivity index (χ1) is 9.04. The van der Waals surface area contributed by atoms with Gasteiger partial charge in [-0.25, -0.2) is 0 Å². The minimum absolute atomic E-state index is 0.00768. The van der Waals surface area contributed by atoms with Gasteiger partial charge in [-0.05, 0) is 12.8 Å². The van der Waals surface area contributed by atoms with Gasteiger partial charge in [0.1, 0.15) is 0 Å². The first-order valence-corrected chi connectivity index (χ1v) is 7.19. The van der Waals surface area contributed by atoms with Crippen LogP contribution in [0.15, 0.2) is 0 Å². The third kappa shape index (κ3) is 1.99. The highest BCUT2D eigenvalue weighted by atomic mass is 16.7. The molecule has 0 aromatic heterocycles. The summed E-state index contributed by atoms with van der Waals surface area (Å²) < 4.78 is 11.4. The Bertz CT molecular complexity index is 372. The molecule has 2 unspecified atom stereocenters. The van der Waals surface area contributed by atoms with Crippen LogP contribution in [0.25, 0.3) is 0 Å². The minimum atomic E-state index is -0.431. The Morgan fingerprint density at radius 2 is 1.47 bits per heavy atom. The molecule has 2 saturated heterocycles. The molecule has 5 nitrogen and oxygen atoms in total. The number of nitrogens with zero attached hydrogens (tertiary/aromatic N) is 1. The lowest BCUT2D eigenvalue weighted by molar-refractivity contribution is -0.185. The third-order valence-corrected chi connectivity index (χ3v) is 4.90. The van der Waals surface area contributed by atoms with Crippen molar-refractivity contribution in [2.45, 2.75) is 51.4 Å². The van der Waals surface area contributed by atoms with E-state index in [0.717, 1.165) is 25.7 Å². The number of carbonyl (C=O) groups excluding carboxylic acids is 2. The fourth-order valence-corrected chi connectivity index (χ4v) is 3.42. The van der Waals surface area contributed by atoms with Crippen molar-refractivity contribution >= 4 is 11.8 Å². The summed E-state index contributed by atoms with van der Waals surface area (Å²) in [5.41, 5.74) is 0. The average molecular weight is 267 g/mol. The van der Waals surface area contributed by atoms with Crippen LogP contribution in [-0.4, -0.2) is 41.8 Å². The van der Waals surface area contributed by atoms with Gasteiger partial charge in [-0.2, -0.15) is 0 Å². The van der Waals surface area contributed by atoms with Gasteiger partial charge in [-0.15, -0.1) is 0 Å². The second-order valence-electron chi connectivity index (χ2n) is 5.96. The maximum atomic E-state index is 12.2. The fourth-order valence-electron chi connectivity index (χ4n) is 3.42. The van der Waals surface area contributed by atoms with E-state index < -0.39 is 5.79 Å². The Balaban J connectivity index is 1.68. The van der Waals surface area contributed by atoms with Crippen molar-refractivity contribution in [1.29, 1.82) is 0 Å². The van der Waals surface area contributed by atoms with Crippen molar-refractivity contribution < 1.29 is 19.1 Å². The largest absolute Gasteiger partial charge is 0.348 e. The quantitative estimate of drug-likeness (QED) is 0.672. The molecule has 3 fully saturated rings. The van der Waals surface area contributed by atoms with Crippen LogP contribution in [0.3, 0.4) is 0 Å². The molecular formula is C14H21NO4. The molecular weight excluding hydrogens is 246 g/mol. The van der Waals surface area contributed by atoms with Gasteiger partial charge >= 0.3 is 0 Å². The molecule has 2 atom stereocenters. The first kappa shape index (κ1) is 13.1. The van der Waals surface area contributed by atoms with Crippen LogP contribution in [0.5, 0.6) is 0 Å². The van der Waals surface area contributed by atoms with E-state index in [1.807, 2.05) is 13.8 Å². The Morgan fingerprint density at radius 1 is 1.00 bits per heavy atom. The normalized spacial score (nSPS) is 35.6. The van der Waals surface area contributed by atoms with Crippen molar-refractivity contribution in [2.24, 2.45) is 11.8 Å². The van der Waals surface area contributed by atoms with E-state index >= 15 is 0 Å². The molecule has 5 heteroatoms. The van der Waals surface area contributed by atoms with Gasteiger partial charge in [0, 0.05) is 30.7 Å². The number of likely N-dealkylation sites (tertiary alicyclic amines) is 1. The molecule has 1 saturated carbocycles. The Hall–Kier alpha value is -0.940. The Kier molecular flexibility index (Phi) is 3.14. The van der Waals surface area contributed by atoms with Crippen molar-refractivity contribution in [2.75, 3.05) is 13.2 Å². The molecule has 0 bridgehead atoms. The molecule has 3 aliphatic rings. The minimum Gasteiger partial charge on any atom is -0.348 e. The molecule has 0 aromatic rings. The predicted molar refractivity (Wildman–Crippen MR) is 67.1 cm³/mol. The van der Waals surface area contributed by atoms with Crippen LogP contribution in [0.4, 0.5) is 0 Å². The van der Waals surface area contributed by atoms with Crippen molar-refractivity contribution in [3.05, 3.63) is 0 Å². The summed E-state index contributed by atoms with van der Waals surface area (Å²) in [6.45, 7) is 5.00. The molecule has 2 heterocycles. The maximum Gasteiger partial charge on any atom is 0.233 e. The maximum absolute atomic E-state index is 12.2. The number of rotatable bonds is 1. The van der Waals surface area contributed by atoms with Gasteiger partial charge in [0.25, 0.3) is 0 Å². The summed E-state index contributed by atoms with van der Waals surface area (Å²) in [4.78, 5) is 25.9. The van der Waals surface area contributed by atoms with Gasteiger partial charge < -0.3 is 9.47 Å². The highest BCUT2D eigenvalue weighted by Crippen LogP contribution is 2.39. The fraction of sp³-hybridized carbons (Fsp3) is 0.857. The molecule has 1 aliphatic carbocycles. The lowest BCUT2D eigenvalue weighted by Crippen LogP contribution is -2.46. The number of hydrogen-bond donors (Lipinski definition) is 0. The topological polar surface area (TPSA) is 55.8 Å². The zero-order valence-electron chi connectivity index (χ0n) is 11.6. The van der Waals surface area contributed by atoms with E-state index in [1.54, 1.807) is 0 Å². The predicted octanol–water partition coefficient (Wildman–Crippen LogP) is 1.31. The Morgan fingerprint density at radius 3 is 1.95 bits per heavy atom. The van der Waals surface area contributed by atoms with E-state index in [2.05, 4.69) is 0 Å². The SMILES string of the molecule is CC1C(=O)N(C2CCC3(CC2)OCCO3)C(=O)C1C. The van der Waals surface area contributed by atoms with Gasteiger partial charge in [0.15, 0.2) is 5.79 Å². The monoisotopic (exact) mass is 267 g/mol. The zero-order valence-corrected chi connectivity index (χ0v) is 11.6. The second kappa shape index (κ2) is 4.56. The van der Waals surface area contributed by atoms with Crippen LogP contribution in [-0.2, 0) is 19.1 Å². The zero-order chi connectivity index (χ0) is 13.6. The van der Waals surface area contributed by atoms with E-state index in [9.17, 15) is 9.59 Å². The van der Waals surface area contributed by atoms with Gasteiger partial charge in [0.2, 0.25) is 11.8 Å². The molecule has 2 amide bonds. The van der Waals surface area contributed by atoms with Crippen LogP contribution in [0, 0.1) is 11.8 Å². The molecule has 0 N–H and O–H groups in total. The lowest BCUT2D eigenvalue weighted by atomic mass is 9.89. The highest BCUT2D eigenvalue weighted by molar-refractivity contribution is 6.05. The van der Waals surface area contributed by atoms with Gasteiger partial charge in [0.05, 0.1) is 13.2 Å². The number of carbonyl (C=O) groups is 2. The smallest absolute Gasteiger partial charge is 0.233 e. The van der Waals surface area contributed by atoms with E-state index in [4.69, 9.17) is 9.47 Å². The molecule has 3 rings (SSSR count). The highest BCUT2D eigenvalue weighted by Gasteiger charge is 2.49. The lowest BCUT2D eigenvalue weighted by Gasteiger charge is -2.38. The van der Waals surface area contributed by atoms with Crippen molar-refractivity contribution in [3.63, 3.8) is 0 Å². The van der Waals surface area contributed by atoms with Crippen molar-refractivity contribution in [1.82, 2.24) is 4.90 Å². The second-order valence-corrected chi connectivity index (χ2v) is 5.96. The van der Waals surface area contributed by atoms with E-state index in [0.29, 0.717) is 13.2 Å². The number of imide groups is 1. The molecule has 0 radical (unpaired) electrons. The molecule has 0 aromatic carbocycles.